The Kier molecular flexibility index (Phi) is 3.13. The van der Waals surface area contributed by atoms with Crippen molar-refractivity contribution in [2.45, 2.75) is 64.5 Å². The van der Waals surface area contributed by atoms with E-state index in [1.54, 1.807) is 0 Å². The number of hydrogen-bond donors (Lipinski definition) is 0. The van der Waals surface area contributed by atoms with Gasteiger partial charge in [-0.05, 0) is 58.9 Å². The maximum atomic E-state index is 12.8. The fourth-order valence-electron chi connectivity index (χ4n) is 4.27. The van der Waals surface area contributed by atoms with Crippen molar-refractivity contribution < 1.29 is 4.79 Å². The predicted molar refractivity (Wildman–Crippen MR) is 72.3 cm³/mol. The molecule has 3 aliphatic heterocycles. The van der Waals surface area contributed by atoms with Crippen LogP contribution in [0.1, 0.15) is 52.4 Å². The molecule has 3 heteroatoms. The predicted octanol–water partition coefficient (Wildman–Crippen LogP) is 2.26. The van der Waals surface area contributed by atoms with Gasteiger partial charge in [-0.2, -0.15) is 0 Å². The third-order valence-corrected chi connectivity index (χ3v) is 5.30. The molecule has 18 heavy (non-hydrogen) atoms. The van der Waals surface area contributed by atoms with Crippen LogP contribution in [0.25, 0.3) is 0 Å². The normalized spacial score (nSPS) is 37.6. The van der Waals surface area contributed by atoms with Crippen LogP contribution >= 0.6 is 0 Å². The van der Waals surface area contributed by atoms with Crippen molar-refractivity contribution in [3.05, 3.63) is 0 Å². The Hall–Kier alpha value is -0.570. The summed E-state index contributed by atoms with van der Waals surface area (Å²) in [5.74, 6) is 0.484. The topological polar surface area (TPSA) is 23.6 Å². The molecule has 0 saturated carbocycles. The summed E-state index contributed by atoms with van der Waals surface area (Å²) in [6, 6.07) is 1.14. The molecule has 0 aromatic rings. The second-order valence-corrected chi connectivity index (χ2v) is 6.80. The van der Waals surface area contributed by atoms with E-state index in [0.717, 1.165) is 25.9 Å². The van der Waals surface area contributed by atoms with Gasteiger partial charge in [-0.1, -0.05) is 0 Å². The number of hydrogen-bond acceptors (Lipinski definition) is 2. The molecule has 3 saturated heterocycles. The number of carbonyl (C=O) groups excluding carboxylic acids is 1. The van der Waals surface area contributed by atoms with Gasteiger partial charge in [0.25, 0.3) is 0 Å². The molecule has 3 aliphatic rings. The van der Waals surface area contributed by atoms with Gasteiger partial charge in [0.15, 0.2) is 0 Å². The number of nitrogens with zero attached hydrogens (tertiary/aromatic N) is 2. The second-order valence-electron chi connectivity index (χ2n) is 6.80. The van der Waals surface area contributed by atoms with Crippen LogP contribution in [0.3, 0.4) is 0 Å². The van der Waals surface area contributed by atoms with E-state index < -0.39 is 0 Å². The van der Waals surface area contributed by atoms with Crippen LogP contribution in [0.2, 0.25) is 0 Å². The van der Waals surface area contributed by atoms with Crippen LogP contribution in [0.5, 0.6) is 0 Å². The number of rotatable bonds is 1. The minimum absolute atomic E-state index is 0.0163. The van der Waals surface area contributed by atoms with E-state index >= 15 is 0 Å². The lowest BCUT2D eigenvalue weighted by molar-refractivity contribution is -0.140. The molecule has 2 atom stereocenters. The molecule has 1 spiro atoms. The molecule has 0 aliphatic carbocycles. The molecule has 102 valence electrons. The highest BCUT2D eigenvalue weighted by atomic mass is 16.2. The van der Waals surface area contributed by atoms with Gasteiger partial charge in [0, 0.05) is 25.2 Å². The van der Waals surface area contributed by atoms with Gasteiger partial charge in [-0.25, -0.2) is 0 Å². The lowest BCUT2D eigenvalue weighted by atomic mass is 9.76. The maximum absolute atomic E-state index is 12.8. The Morgan fingerprint density at radius 2 is 2.06 bits per heavy atom. The first-order valence-electron chi connectivity index (χ1n) is 7.67. The molecule has 3 rings (SSSR count). The van der Waals surface area contributed by atoms with Crippen molar-refractivity contribution in [3.8, 4) is 0 Å². The summed E-state index contributed by atoms with van der Waals surface area (Å²) in [7, 11) is 0. The molecule has 0 N–H and O–H groups in total. The molecule has 1 amide bonds. The average molecular weight is 250 g/mol. The molecule has 0 radical (unpaired) electrons. The van der Waals surface area contributed by atoms with Gasteiger partial charge in [0.05, 0.1) is 5.41 Å². The summed E-state index contributed by atoms with van der Waals surface area (Å²) in [5.41, 5.74) is -0.0163. The first kappa shape index (κ1) is 12.5. The zero-order chi connectivity index (χ0) is 12.8. The number of likely N-dealkylation sites (tertiary alicyclic amines) is 1. The third kappa shape index (κ3) is 1.87. The summed E-state index contributed by atoms with van der Waals surface area (Å²) in [4.78, 5) is 17.5. The number of amides is 1. The zero-order valence-corrected chi connectivity index (χ0v) is 11.8. The lowest BCUT2D eigenvalue weighted by Crippen LogP contribution is -2.50. The molecule has 3 heterocycles. The van der Waals surface area contributed by atoms with Crippen molar-refractivity contribution in [1.82, 2.24) is 9.80 Å². The molecule has 2 unspecified atom stereocenters. The van der Waals surface area contributed by atoms with Gasteiger partial charge in [0.1, 0.15) is 0 Å². The monoisotopic (exact) mass is 250 g/mol. The van der Waals surface area contributed by atoms with Crippen molar-refractivity contribution >= 4 is 5.91 Å². The fourth-order valence-corrected chi connectivity index (χ4v) is 4.27. The molecular formula is C15H26N2O. The van der Waals surface area contributed by atoms with E-state index in [-0.39, 0.29) is 5.41 Å². The van der Waals surface area contributed by atoms with E-state index in [2.05, 4.69) is 23.6 Å². The van der Waals surface area contributed by atoms with Crippen LogP contribution in [-0.2, 0) is 4.79 Å². The van der Waals surface area contributed by atoms with Gasteiger partial charge < -0.3 is 4.90 Å². The second kappa shape index (κ2) is 4.52. The average Bonchev–Trinajstić information content (AvgIpc) is 2.63. The van der Waals surface area contributed by atoms with Crippen molar-refractivity contribution in [2.24, 2.45) is 5.41 Å². The van der Waals surface area contributed by atoms with Crippen LogP contribution in [-0.4, -0.2) is 47.4 Å². The molecule has 0 aromatic heterocycles. The first-order valence-corrected chi connectivity index (χ1v) is 7.67. The maximum Gasteiger partial charge on any atom is 0.230 e. The first-order chi connectivity index (χ1) is 8.62. The highest BCUT2D eigenvalue weighted by molar-refractivity contribution is 5.86. The van der Waals surface area contributed by atoms with Crippen LogP contribution in [0, 0.1) is 5.41 Å². The Labute approximate surface area is 111 Å². The minimum Gasteiger partial charge on any atom is -0.339 e. The quantitative estimate of drug-likeness (QED) is 0.712. The molecule has 0 bridgehead atoms. The van der Waals surface area contributed by atoms with Crippen LogP contribution in [0.4, 0.5) is 0 Å². The van der Waals surface area contributed by atoms with Crippen molar-refractivity contribution in [2.75, 3.05) is 19.6 Å². The standard InChI is InChI=1S/C15H26N2O/c1-12(2)16-8-5-7-15(11-16)10-13-6-3-4-9-17(13)14(15)18/h12-13H,3-11H2,1-2H3. The van der Waals surface area contributed by atoms with Gasteiger partial charge in [-0.3, -0.25) is 9.69 Å². The van der Waals surface area contributed by atoms with E-state index in [0.29, 0.717) is 18.0 Å². The van der Waals surface area contributed by atoms with Crippen molar-refractivity contribution in [3.63, 3.8) is 0 Å². The number of fused-ring (bicyclic) bond motifs is 1. The van der Waals surface area contributed by atoms with Gasteiger partial charge in [-0.15, -0.1) is 0 Å². The highest BCUT2D eigenvalue weighted by Crippen LogP contribution is 2.45. The largest absolute Gasteiger partial charge is 0.339 e. The van der Waals surface area contributed by atoms with E-state index in [4.69, 9.17) is 0 Å². The molecule has 0 aromatic carbocycles. The summed E-state index contributed by atoms with van der Waals surface area (Å²) in [5, 5.41) is 0. The van der Waals surface area contributed by atoms with Crippen LogP contribution in [0.15, 0.2) is 0 Å². The summed E-state index contributed by atoms with van der Waals surface area (Å²) < 4.78 is 0. The lowest BCUT2D eigenvalue weighted by Gasteiger charge is -2.41. The molecule has 3 nitrogen and oxygen atoms in total. The summed E-state index contributed by atoms with van der Waals surface area (Å²) in [6.45, 7) is 7.72. The van der Waals surface area contributed by atoms with Gasteiger partial charge >= 0.3 is 0 Å². The molecule has 3 fully saturated rings. The Balaban J connectivity index is 1.80. The number of carbonyl (C=O) groups is 1. The van der Waals surface area contributed by atoms with Gasteiger partial charge in [0.2, 0.25) is 5.91 Å². The van der Waals surface area contributed by atoms with E-state index in [1.165, 1.54) is 32.2 Å². The Morgan fingerprint density at radius 3 is 2.78 bits per heavy atom. The van der Waals surface area contributed by atoms with E-state index in [1.807, 2.05) is 0 Å². The summed E-state index contributed by atoms with van der Waals surface area (Å²) in [6.07, 6.45) is 7.24. The smallest absolute Gasteiger partial charge is 0.230 e. The zero-order valence-electron chi connectivity index (χ0n) is 11.8. The minimum atomic E-state index is -0.0163. The fraction of sp³-hybridized carbons (Fsp3) is 0.933. The van der Waals surface area contributed by atoms with E-state index in [9.17, 15) is 4.79 Å². The Morgan fingerprint density at radius 1 is 1.22 bits per heavy atom. The number of piperidine rings is 2. The molecular weight excluding hydrogens is 224 g/mol. The Bertz CT molecular complexity index is 341. The summed E-state index contributed by atoms with van der Waals surface area (Å²) >= 11 is 0. The van der Waals surface area contributed by atoms with Crippen molar-refractivity contribution in [1.29, 1.82) is 0 Å². The van der Waals surface area contributed by atoms with Crippen LogP contribution < -0.4 is 0 Å². The SMILES string of the molecule is CC(C)N1CCCC2(CC3CCCCN3C2=O)C1. The third-order valence-electron chi connectivity index (χ3n) is 5.30. The highest BCUT2D eigenvalue weighted by Gasteiger charge is 2.53.